The number of amides is 1. The molecular weight excluding hydrogens is 595 g/mol. The summed E-state index contributed by atoms with van der Waals surface area (Å²) in [6.45, 7) is -0.844. The Kier molecular flexibility index (Phi) is 8.19. The predicted octanol–water partition coefficient (Wildman–Crippen LogP) is 4.27. The van der Waals surface area contributed by atoms with Crippen molar-refractivity contribution < 1.29 is 44.9 Å². The van der Waals surface area contributed by atoms with E-state index in [-0.39, 0.29) is 6.42 Å². The summed E-state index contributed by atoms with van der Waals surface area (Å²) < 4.78 is 75.1. The molecule has 0 spiro atoms. The maximum Gasteiger partial charge on any atom is 0.523 e. The molecule has 0 aromatic heterocycles. The second-order valence-electron chi connectivity index (χ2n) is 9.86. The van der Waals surface area contributed by atoms with Gasteiger partial charge in [-0.15, -0.1) is 11.8 Å². The average Bonchev–Trinajstić information content (AvgIpc) is 2.96. The molecule has 3 aromatic carbocycles. The first-order valence-corrected chi connectivity index (χ1v) is 15.2. The fourth-order valence-electron chi connectivity index (χ4n) is 4.89. The quantitative estimate of drug-likeness (QED) is 0.115. The van der Waals surface area contributed by atoms with Gasteiger partial charge in [0.1, 0.15) is 5.92 Å². The number of ether oxygens (including phenoxy) is 1. The average molecular weight is 620 g/mol. The Balaban J connectivity index is 1.43. The summed E-state index contributed by atoms with van der Waals surface area (Å²) in [6.07, 6.45) is -1.16. The van der Waals surface area contributed by atoms with Crippen LogP contribution in [0.4, 0.5) is 13.2 Å². The minimum absolute atomic E-state index is 0.0376. The molecule has 5 rings (SSSR count). The van der Waals surface area contributed by atoms with Crippen molar-refractivity contribution in [2.24, 2.45) is 5.92 Å². The highest BCUT2D eigenvalue weighted by Gasteiger charge is 2.63. The van der Waals surface area contributed by atoms with Crippen molar-refractivity contribution in [3.05, 3.63) is 108 Å². The van der Waals surface area contributed by atoms with E-state index in [0.717, 1.165) is 16.7 Å². The number of benzene rings is 3. The van der Waals surface area contributed by atoms with Crippen LogP contribution in [0.15, 0.2) is 91.0 Å². The van der Waals surface area contributed by atoms with Crippen LogP contribution >= 0.6 is 11.8 Å². The van der Waals surface area contributed by atoms with Crippen LogP contribution in [-0.4, -0.2) is 59.8 Å². The SMILES string of the molecule is O=C(Cc1ccccc1)C1C(=O)N2CC(OS(=O)(=O)C(F)(F)F)(C(=O)OC(c3ccccc3)c3ccccc3)CS[C@H]12. The molecule has 2 aliphatic heterocycles. The van der Waals surface area contributed by atoms with Crippen molar-refractivity contribution in [3.63, 3.8) is 0 Å². The van der Waals surface area contributed by atoms with Crippen LogP contribution in [0.3, 0.4) is 0 Å². The number of hydrogen-bond acceptors (Lipinski definition) is 8. The van der Waals surface area contributed by atoms with Crippen LogP contribution in [0.25, 0.3) is 0 Å². The van der Waals surface area contributed by atoms with Gasteiger partial charge in [-0.2, -0.15) is 21.6 Å². The number of carbonyl (C=O) groups is 3. The van der Waals surface area contributed by atoms with Crippen molar-refractivity contribution in [2.75, 3.05) is 12.3 Å². The molecule has 1 amide bonds. The number of β-lactam (4-membered cyclic amide) rings is 1. The van der Waals surface area contributed by atoms with Gasteiger partial charge in [-0.3, -0.25) is 9.59 Å². The van der Waals surface area contributed by atoms with E-state index in [9.17, 15) is 36.0 Å². The van der Waals surface area contributed by atoms with E-state index in [4.69, 9.17) is 4.74 Å². The maximum atomic E-state index is 13.7. The first kappa shape index (κ1) is 29.8. The number of esters is 1. The number of fused-ring (bicyclic) bond motifs is 1. The van der Waals surface area contributed by atoms with Gasteiger partial charge in [-0.05, 0) is 16.7 Å². The van der Waals surface area contributed by atoms with Crippen LogP contribution in [0.5, 0.6) is 0 Å². The first-order chi connectivity index (χ1) is 19.9. The Bertz CT molecular complexity index is 1530. The second kappa shape index (κ2) is 11.5. The Hall–Kier alpha value is -3.68. The molecule has 0 radical (unpaired) electrons. The van der Waals surface area contributed by atoms with Gasteiger partial charge in [0.2, 0.25) is 11.5 Å². The third-order valence-corrected chi connectivity index (χ3v) is 9.58. The first-order valence-electron chi connectivity index (χ1n) is 12.7. The second-order valence-corrected chi connectivity index (χ2v) is 12.5. The van der Waals surface area contributed by atoms with E-state index in [0.29, 0.717) is 16.7 Å². The number of halogens is 3. The van der Waals surface area contributed by atoms with Crippen LogP contribution in [0, 0.1) is 5.92 Å². The highest BCUT2D eigenvalue weighted by atomic mass is 32.2. The number of nitrogens with zero attached hydrogens (tertiary/aromatic N) is 1. The lowest BCUT2D eigenvalue weighted by molar-refractivity contribution is -0.174. The van der Waals surface area contributed by atoms with Crippen LogP contribution < -0.4 is 0 Å². The van der Waals surface area contributed by atoms with E-state index < -0.39 is 68.6 Å². The molecule has 8 nitrogen and oxygen atoms in total. The van der Waals surface area contributed by atoms with Gasteiger partial charge in [-0.25, -0.2) is 8.98 Å². The van der Waals surface area contributed by atoms with E-state index in [1.807, 2.05) is 0 Å². The maximum absolute atomic E-state index is 13.7. The number of hydrogen-bond donors (Lipinski definition) is 0. The molecule has 0 N–H and O–H groups in total. The van der Waals surface area contributed by atoms with Gasteiger partial charge in [0.25, 0.3) is 0 Å². The molecule has 0 aliphatic carbocycles. The standard InChI is InChI=1S/C29H24F3NO7S2/c30-29(31,32)42(37,38)40-28(27(36)39-24(20-12-6-2-7-13-20)21-14-8-3-9-15-21)17-33-25(35)23(26(33)41-18-28)22(34)16-19-10-4-1-5-11-19/h1-15,23-24,26H,16-18H2/t23?,26-,28?/m1/s1. The largest absolute Gasteiger partial charge is 0.523 e. The fourth-order valence-corrected chi connectivity index (χ4v) is 7.18. The lowest BCUT2D eigenvalue weighted by Crippen LogP contribution is -2.71. The van der Waals surface area contributed by atoms with Gasteiger partial charge in [-0.1, -0.05) is 91.0 Å². The molecule has 2 heterocycles. The van der Waals surface area contributed by atoms with Gasteiger partial charge >= 0.3 is 21.6 Å². The number of thioether (sulfide) groups is 1. The third kappa shape index (κ3) is 5.81. The number of rotatable bonds is 9. The molecule has 3 atom stereocenters. The highest BCUT2D eigenvalue weighted by molar-refractivity contribution is 8.00. The molecular formula is C29H24F3NO7S2. The summed E-state index contributed by atoms with van der Waals surface area (Å²) in [5, 5.41) is -0.800. The van der Waals surface area contributed by atoms with Crippen molar-refractivity contribution >= 4 is 39.5 Å². The molecule has 2 saturated heterocycles. The Morgan fingerprint density at radius 1 is 0.929 bits per heavy atom. The molecule has 220 valence electrons. The monoisotopic (exact) mass is 619 g/mol. The van der Waals surface area contributed by atoms with Gasteiger partial charge in [0.05, 0.1) is 11.9 Å². The summed E-state index contributed by atoms with van der Waals surface area (Å²) in [6, 6.07) is 25.4. The lowest BCUT2D eigenvalue weighted by Gasteiger charge is -2.53. The Morgan fingerprint density at radius 3 is 1.98 bits per heavy atom. The van der Waals surface area contributed by atoms with Gasteiger partial charge in [0, 0.05) is 12.2 Å². The lowest BCUT2D eigenvalue weighted by atomic mass is 9.87. The number of carbonyl (C=O) groups excluding carboxylic acids is 3. The number of ketones is 1. The summed E-state index contributed by atoms with van der Waals surface area (Å²) in [4.78, 5) is 40.7. The normalized spacial score (nSPS) is 22.3. The summed E-state index contributed by atoms with van der Waals surface area (Å²) >= 11 is 0.796. The predicted molar refractivity (Wildman–Crippen MR) is 146 cm³/mol. The molecule has 42 heavy (non-hydrogen) atoms. The Morgan fingerprint density at radius 2 is 1.45 bits per heavy atom. The number of alkyl halides is 3. The zero-order chi connectivity index (χ0) is 30.1. The van der Waals surface area contributed by atoms with Crippen LogP contribution in [0.1, 0.15) is 22.8 Å². The van der Waals surface area contributed by atoms with E-state index >= 15 is 0 Å². The van der Waals surface area contributed by atoms with Crippen LogP contribution in [-0.2, 0) is 39.8 Å². The number of Topliss-reactive ketones (excluding diaryl/α,β-unsaturated/α-hetero) is 1. The Labute approximate surface area is 243 Å². The van der Waals surface area contributed by atoms with E-state index in [1.54, 1.807) is 91.0 Å². The summed E-state index contributed by atoms with van der Waals surface area (Å²) in [5.74, 6) is -4.23. The topological polar surface area (TPSA) is 107 Å². The highest BCUT2D eigenvalue weighted by Crippen LogP contribution is 2.46. The van der Waals surface area contributed by atoms with E-state index in [1.165, 1.54) is 0 Å². The minimum atomic E-state index is -6.29. The smallest absolute Gasteiger partial charge is 0.450 e. The molecule has 3 aromatic rings. The van der Waals surface area contributed by atoms with Gasteiger partial charge in [0.15, 0.2) is 11.9 Å². The van der Waals surface area contributed by atoms with Gasteiger partial charge < -0.3 is 9.64 Å². The molecule has 0 bridgehead atoms. The van der Waals surface area contributed by atoms with Crippen molar-refractivity contribution in [1.29, 1.82) is 0 Å². The zero-order valence-electron chi connectivity index (χ0n) is 21.8. The van der Waals surface area contributed by atoms with Crippen molar-refractivity contribution in [3.8, 4) is 0 Å². The van der Waals surface area contributed by atoms with E-state index in [2.05, 4.69) is 4.18 Å². The fraction of sp³-hybridized carbons (Fsp3) is 0.276. The molecule has 13 heteroatoms. The summed E-state index contributed by atoms with van der Waals surface area (Å²) in [5.41, 5.74) is -6.94. The van der Waals surface area contributed by atoms with Crippen molar-refractivity contribution in [2.45, 2.75) is 29.0 Å². The van der Waals surface area contributed by atoms with Crippen LogP contribution in [0.2, 0.25) is 0 Å². The summed E-state index contributed by atoms with van der Waals surface area (Å²) in [7, 11) is -6.29. The van der Waals surface area contributed by atoms with Crippen molar-refractivity contribution in [1.82, 2.24) is 4.90 Å². The zero-order valence-corrected chi connectivity index (χ0v) is 23.4. The third-order valence-electron chi connectivity index (χ3n) is 6.98. The molecule has 2 aliphatic rings. The molecule has 2 fully saturated rings. The molecule has 0 saturated carbocycles. The molecule has 2 unspecified atom stereocenters. The minimum Gasteiger partial charge on any atom is -0.450 e.